The van der Waals surface area contributed by atoms with Gasteiger partial charge in [0.25, 0.3) is 0 Å². The zero-order valence-corrected chi connectivity index (χ0v) is 9.06. The predicted octanol–water partition coefficient (Wildman–Crippen LogP) is 2.44. The van der Waals surface area contributed by atoms with Gasteiger partial charge in [-0.1, -0.05) is 0 Å². The Balaban J connectivity index is 2.15. The lowest BCUT2D eigenvalue weighted by Crippen LogP contribution is -2.22. The van der Waals surface area contributed by atoms with Gasteiger partial charge in [0.05, 0.1) is 6.61 Å². The molecule has 0 saturated heterocycles. The molecule has 0 aliphatic rings. The zero-order chi connectivity index (χ0) is 9.52. The highest BCUT2D eigenvalue weighted by Gasteiger charge is 2.03. The van der Waals surface area contributed by atoms with E-state index >= 15 is 0 Å². The second kappa shape index (κ2) is 6.13. The maximum absolute atomic E-state index is 5.24. The van der Waals surface area contributed by atoms with Crippen molar-refractivity contribution in [3.63, 3.8) is 0 Å². The van der Waals surface area contributed by atoms with Gasteiger partial charge in [0, 0.05) is 19.2 Å². The van der Waals surface area contributed by atoms with Gasteiger partial charge in [-0.15, -0.1) is 0 Å². The molecule has 74 valence electrons. The van der Waals surface area contributed by atoms with Crippen molar-refractivity contribution in [3.8, 4) is 0 Å². The average Bonchev–Trinajstić information content (AvgIpc) is 2.65. The van der Waals surface area contributed by atoms with Crippen molar-refractivity contribution in [2.75, 3.05) is 19.8 Å². The summed E-state index contributed by atoms with van der Waals surface area (Å²) in [5, 5.41) is 7.69. The summed E-state index contributed by atoms with van der Waals surface area (Å²) >= 11 is 1.74. The van der Waals surface area contributed by atoms with Crippen LogP contribution < -0.4 is 5.32 Å². The molecule has 1 aromatic heterocycles. The van der Waals surface area contributed by atoms with Gasteiger partial charge in [0.2, 0.25) is 0 Å². The fourth-order valence-corrected chi connectivity index (χ4v) is 1.89. The number of nitrogens with one attached hydrogen (secondary N) is 1. The Labute approximate surface area is 83.9 Å². The zero-order valence-electron chi connectivity index (χ0n) is 8.25. The molecular formula is C10H17NOS. The molecular weight excluding hydrogens is 182 g/mol. The molecule has 0 amide bonds. The molecule has 0 spiro atoms. The molecule has 1 unspecified atom stereocenters. The van der Waals surface area contributed by atoms with Crippen molar-refractivity contribution in [1.29, 1.82) is 0 Å². The number of hydrogen-bond donors (Lipinski definition) is 1. The smallest absolute Gasteiger partial charge is 0.0590 e. The Bertz CT molecular complexity index is 211. The first kappa shape index (κ1) is 10.7. The van der Waals surface area contributed by atoms with E-state index in [-0.39, 0.29) is 0 Å². The maximum atomic E-state index is 5.24. The standard InChI is InChI=1S/C10H17NOS/c1-3-12-6-5-11-9(2)10-4-7-13-8-10/h4,7-9,11H,3,5-6H2,1-2H3. The lowest BCUT2D eigenvalue weighted by Gasteiger charge is -2.11. The van der Waals surface area contributed by atoms with Crippen molar-refractivity contribution in [2.45, 2.75) is 19.9 Å². The Morgan fingerprint density at radius 1 is 1.62 bits per heavy atom. The van der Waals surface area contributed by atoms with Crippen LogP contribution in [0.4, 0.5) is 0 Å². The third kappa shape index (κ3) is 3.89. The minimum Gasteiger partial charge on any atom is -0.380 e. The summed E-state index contributed by atoms with van der Waals surface area (Å²) in [6, 6.07) is 2.59. The Kier molecular flexibility index (Phi) is 5.05. The third-order valence-corrected chi connectivity index (χ3v) is 2.65. The van der Waals surface area contributed by atoms with Crippen LogP contribution in [0.3, 0.4) is 0 Å². The van der Waals surface area contributed by atoms with Gasteiger partial charge in [0.15, 0.2) is 0 Å². The van der Waals surface area contributed by atoms with Crippen LogP contribution in [0.2, 0.25) is 0 Å². The summed E-state index contributed by atoms with van der Waals surface area (Å²) in [7, 11) is 0. The molecule has 1 rings (SSSR count). The van der Waals surface area contributed by atoms with Crippen molar-refractivity contribution in [2.24, 2.45) is 0 Å². The quantitative estimate of drug-likeness (QED) is 0.710. The van der Waals surface area contributed by atoms with Gasteiger partial charge in [0.1, 0.15) is 0 Å². The molecule has 0 aromatic carbocycles. The first-order valence-electron chi connectivity index (χ1n) is 4.67. The molecule has 0 radical (unpaired) electrons. The molecule has 1 heterocycles. The van der Waals surface area contributed by atoms with E-state index in [2.05, 4.69) is 29.1 Å². The SMILES string of the molecule is CCOCCNC(C)c1ccsc1. The fourth-order valence-electron chi connectivity index (χ4n) is 1.13. The highest BCUT2D eigenvalue weighted by molar-refractivity contribution is 7.07. The molecule has 13 heavy (non-hydrogen) atoms. The van der Waals surface area contributed by atoms with E-state index in [0.29, 0.717) is 6.04 Å². The van der Waals surface area contributed by atoms with Crippen LogP contribution in [0.1, 0.15) is 25.5 Å². The van der Waals surface area contributed by atoms with E-state index in [1.165, 1.54) is 5.56 Å². The van der Waals surface area contributed by atoms with Crippen LogP contribution in [0, 0.1) is 0 Å². The second-order valence-corrected chi connectivity index (χ2v) is 3.71. The van der Waals surface area contributed by atoms with Crippen LogP contribution in [-0.2, 0) is 4.74 Å². The number of rotatable bonds is 6. The lowest BCUT2D eigenvalue weighted by atomic mass is 10.2. The first-order valence-corrected chi connectivity index (χ1v) is 5.62. The van der Waals surface area contributed by atoms with E-state index in [4.69, 9.17) is 4.74 Å². The van der Waals surface area contributed by atoms with Crippen molar-refractivity contribution >= 4 is 11.3 Å². The summed E-state index contributed by atoms with van der Waals surface area (Å²) in [6.07, 6.45) is 0. The normalized spacial score (nSPS) is 13.1. The van der Waals surface area contributed by atoms with Gasteiger partial charge < -0.3 is 10.1 Å². The second-order valence-electron chi connectivity index (χ2n) is 2.93. The Morgan fingerprint density at radius 3 is 3.08 bits per heavy atom. The van der Waals surface area contributed by atoms with Crippen molar-refractivity contribution in [3.05, 3.63) is 22.4 Å². The molecule has 1 N–H and O–H groups in total. The third-order valence-electron chi connectivity index (χ3n) is 1.94. The van der Waals surface area contributed by atoms with Crippen molar-refractivity contribution in [1.82, 2.24) is 5.32 Å². The topological polar surface area (TPSA) is 21.3 Å². The number of thiophene rings is 1. The van der Waals surface area contributed by atoms with Crippen molar-refractivity contribution < 1.29 is 4.74 Å². The molecule has 0 aliphatic heterocycles. The van der Waals surface area contributed by atoms with E-state index in [0.717, 1.165) is 19.8 Å². The molecule has 0 fully saturated rings. The lowest BCUT2D eigenvalue weighted by molar-refractivity contribution is 0.147. The van der Waals surface area contributed by atoms with Crippen LogP contribution in [0.15, 0.2) is 16.8 Å². The number of ether oxygens (including phenoxy) is 1. The van der Waals surface area contributed by atoms with Gasteiger partial charge in [-0.2, -0.15) is 11.3 Å². The van der Waals surface area contributed by atoms with E-state index in [1.54, 1.807) is 11.3 Å². The molecule has 2 nitrogen and oxygen atoms in total. The van der Waals surface area contributed by atoms with Crippen LogP contribution >= 0.6 is 11.3 Å². The van der Waals surface area contributed by atoms with E-state index in [9.17, 15) is 0 Å². The van der Waals surface area contributed by atoms with Gasteiger partial charge in [-0.3, -0.25) is 0 Å². The Hall–Kier alpha value is -0.380. The summed E-state index contributed by atoms with van der Waals surface area (Å²) in [6.45, 7) is 6.71. The predicted molar refractivity (Wildman–Crippen MR) is 57.2 cm³/mol. The first-order chi connectivity index (χ1) is 6.34. The van der Waals surface area contributed by atoms with E-state index < -0.39 is 0 Å². The highest BCUT2D eigenvalue weighted by atomic mass is 32.1. The van der Waals surface area contributed by atoms with Crippen LogP contribution in [0.25, 0.3) is 0 Å². The minimum atomic E-state index is 0.437. The van der Waals surface area contributed by atoms with Gasteiger partial charge in [-0.25, -0.2) is 0 Å². The molecule has 0 saturated carbocycles. The average molecular weight is 199 g/mol. The summed E-state index contributed by atoms with van der Waals surface area (Å²) in [5.41, 5.74) is 1.36. The molecule has 3 heteroatoms. The monoisotopic (exact) mass is 199 g/mol. The maximum Gasteiger partial charge on any atom is 0.0590 e. The molecule has 0 bridgehead atoms. The summed E-state index contributed by atoms with van der Waals surface area (Å²) < 4.78 is 5.24. The van der Waals surface area contributed by atoms with Gasteiger partial charge in [-0.05, 0) is 36.2 Å². The molecule has 0 aliphatic carbocycles. The van der Waals surface area contributed by atoms with Crippen LogP contribution in [0.5, 0.6) is 0 Å². The fraction of sp³-hybridized carbons (Fsp3) is 0.600. The highest BCUT2D eigenvalue weighted by Crippen LogP contribution is 2.14. The Morgan fingerprint density at radius 2 is 2.46 bits per heavy atom. The van der Waals surface area contributed by atoms with E-state index in [1.807, 2.05) is 6.92 Å². The largest absolute Gasteiger partial charge is 0.380 e. The number of hydrogen-bond acceptors (Lipinski definition) is 3. The summed E-state index contributed by atoms with van der Waals surface area (Å²) in [4.78, 5) is 0. The molecule has 1 atom stereocenters. The summed E-state index contributed by atoms with van der Waals surface area (Å²) in [5.74, 6) is 0. The molecule has 1 aromatic rings. The minimum absolute atomic E-state index is 0.437. The van der Waals surface area contributed by atoms with Gasteiger partial charge >= 0.3 is 0 Å². The van der Waals surface area contributed by atoms with Crippen LogP contribution in [-0.4, -0.2) is 19.8 Å².